The van der Waals surface area contributed by atoms with Gasteiger partial charge in [0, 0.05) is 16.7 Å². The van der Waals surface area contributed by atoms with E-state index in [0.29, 0.717) is 5.69 Å². The first-order valence-corrected chi connectivity index (χ1v) is 7.83. The quantitative estimate of drug-likeness (QED) is 0.727. The second-order valence-electron chi connectivity index (χ2n) is 5.55. The summed E-state index contributed by atoms with van der Waals surface area (Å²) in [7, 11) is 0. The minimum absolute atomic E-state index is 0.206. The van der Waals surface area contributed by atoms with Gasteiger partial charge in [-0.05, 0) is 25.0 Å². The molecule has 23 heavy (non-hydrogen) atoms. The number of aldehydes is 1. The zero-order valence-corrected chi connectivity index (χ0v) is 13.2. The molecule has 1 aromatic heterocycles. The van der Waals surface area contributed by atoms with Crippen molar-refractivity contribution in [1.82, 2.24) is 15.0 Å². The van der Waals surface area contributed by atoms with E-state index in [1.54, 1.807) is 16.8 Å². The maximum absolute atomic E-state index is 11.4. The molecule has 0 unspecified atom stereocenters. The molecular formula is C18H19N3O2. The van der Waals surface area contributed by atoms with Crippen LogP contribution in [0.15, 0.2) is 36.4 Å². The Bertz CT molecular complexity index is 851. The Labute approximate surface area is 134 Å². The highest BCUT2D eigenvalue weighted by Crippen LogP contribution is 2.32. The van der Waals surface area contributed by atoms with Crippen molar-refractivity contribution in [1.29, 1.82) is 0 Å². The van der Waals surface area contributed by atoms with Crippen LogP contribution in [0.3, 0.4) is 0 Å². The van der Waals surface area contributed by atoms with Crippen molar-refractivity contribution < 1.29 is 9.90 Å². The number of hydrogen-bond donors (Lipinski definition) is 1. The van der Waals surface area contributed by atoms with Crippen LogP contribution in [-0.2, 0) is 0 Å². The molecule has 3 aromatic rings. The largest absolute Gasteiger partial charge is 0.507 e. The van der Waals surface area contributed by atoms with E-state index in [0.717, 1.165) is 41.3 Å². The molecule has 1 heterocycles. The summed E-state index contributed by atoms with van der Waals surface area (Å²) in [5, 5.41) is 19.9. The molecule has 0 aliphatic rings. The number of rotatable bonds is 5. The van der Waals surface area contributed by atoms with Gasteiger partial charge in [0.2, 0.25) is 0 Å². The van der Waals surface area contributed by atoms with Gasteiger partial charge >= 0.3 is 0 Å². The van der Waals surface area contributed by atoms with Gasteiger partial charge in [0.15, 0.2) is 6.29 Å². The van der Waals surface area contributed by atoms with Gasteiger partial charge in [-0.25, -0.2) is 4.68 Å². The number of aromatic hydroxyl groups is 1. The highest BCUT2D eigenvalue weighted by molar-refractivity contribution is 5.94. The monoisotopic (exact) mass is 309 g/mol. The highest BCUT2D eigenvalue weighted by atomic mass is 16.3. The molecule has 0 bridgehead atoms. The Morgan fingerprint density at radius 2 is 1.83 bits per heavy atom. The van der Waals surface area contributed by atoms with Crippen LogP contribution in [0.1, 0.15) is 48.8 Å². The molecular weight excluding hydrogens is 290 g/mol. The maximum atomic E-state index is 11.4. The lowest BCUT2D eigenvalue weighted by Crippen LogP contribution is -2.09. The highest BCUT2D eigenvalue weighted by Gasteiger charge is 2.21. The number of aromatic nitrogens is 3. The lowest BCUT2D eigenvalue weighted by Gasteiger charge is -2.16. The van der Waals surface area contributed by atoms with Gasteiger partial charge in [-0.2, -0.15) is 0 Å². The number of carbonyl (C=O) groups excluding carboxylic acids is 1. The third-order valence-corrected chi connectivity index (χ3v) is 4.32. The summed E-state index contributed by atoms with van der Waals surface area (Å²) >= 11 is 0. The van der Waals surface area contributed by atoms with E-state index in [4.69, 9.17) is 0 Å². The molecule has 0 atom stereocenters. The second-order valence-corrected chi connectivity index (χ2v) is 5.55. The van der Waals surface area contributed by atoms with Crippen LogP contribution >= 0.6 is 0 Å². The van der Waals surface area contributed by atoms with Crippen LogP contribution in [0.5, 0.6) is 5.75 Å². The van der Waals surface area contributed by atoms with Crippen LogP contribution < -0.4 is 0 Å². The molecule has 2 aromatic carbocycles. The van der Waals surface area contributed by atoms with E-state index in [9.17, 15) is 9.90 Å². The Morgan fingerprint density at radius 3 is 2.52 bits per heavy atom. The minimum Gasteiger partial charge on any atom is -0.507 e. The summed E-state index contributed by atoms with van der Waals surface area (Å²) in [5.74, 6) is 0.432. The van der Waals surface area contributed by atoms with Gasteiger partial charge in [-0.15, -0.1) is 5.10 Å². The number of fused-ring (bicyclic) bond motifs is 1. The van der Waals surface area contributed by atoms with Crippen LogP contribution in [0.2, 0.25) is 0 Å². The molecule has 0 aliphatic carbocycles. The topological polar surface area (TPSA) is 68.0 Å². The van der Waals surface area contributed by atoms with Gasteiger partial charge in [0.1, 0.15) is 11.4 Å². The molecule has 1 N–H and O–H groups in total. The lowest BCUT2D eigenvalue weighted by molar-refractivity contribution is 0.111. The molecule has 3 rings (SSSR count). The van der Waals surface area contributed by atoms with Gasteiger partial charge in [-0.1, -0.05) is 43.3 Å². The molecule has 5 heteroatoms. The third-order valence-electron chi connectivity index (χ3n) is 4.32. The fourth-order valence-electron chi connectivity index (χ4n) is 3.08. The summed E-state index contributed by atoms with van der Waals surface area (Å²) < 4.78 is 1.74. The maximum Gasteiger partial charge on any atom is 0.172 e. The number of benzene rings is 2. The first-order chi connectivity index (χ1) is 11.2. The molecule has 0 radical (unpaired) electrons. The Kier molecular flexibility index (Phi) is 4.10. The lowest BCUT2D eigenvalue weighted by atomic mass is 9.97. The van der Waals surface area contributed by atoms with Crippen LogP contribution in [-0.4, -0.2) is 26.4 Å². The van der Waals surface area contributed by atoms with Crippen molar-refractivity contribution in [2.24, 2.45) is 0 Å². The average molecular weight is 309 g/mol. The van der Waals surface area contributed by atoms with Gasteiger partial charge in [0.05, 0.1) is 11.4 Å². The van der Waals surface area contributed by atoms with Crippen LogP contribution in [0.25, 0.3) is 16.5 Å². The smallest absolute Gasteiger partial charge is 0.172 e. The molecule has 0 amide bonds. The van der Waals surface area contributed by atoms with Gasteiger partial charge in [0.25, 0.3) is 0 Å². The standard InChI is InChI=1S/C18H19N3O2/c1-3-12(4-2)18-15(11-22)19-20-21(18)16-9-5-8-14-13(16)7-6-10-17(14)23/h5-12,23H,3-4H2,1-2H3. The predicted octanol–water partition coefficient (Wildman–Crippen LogP) is 3.84. The summed E-state index contributed by atoms with van der Waals surface area (Å²) in [6, 6.07) is 11.1. The molecule has 5 nitrogen and oxygen atoms in total. The minimum atomic E-state index is 0.206. The number of phenolic OH excluding ortho intramolecular Hbond substituents is 1. The van der Waals surface area contributed by atoms with Crippen molar-refractivity contribution in [2.45, 2.75) is 32.6 Å². The van der Waals surface area contributed by atoms with E-state index in [1.807, 2.05) is 24.3 Å². The van der Waals surface area contributed by atoms with Crippen LogP contribution in [0, 0.1) is 0 Å². The Balaban J connectivity index is 2.30. The van der Waals surface area contributed by atoms with E-state index < -0.39 is 0 Å². The predicted molar refractivity (Wildman–Crippen MR) is 89.2 cm³/mol. The van der Waals surface area contributed by atoms with E-state index >= 15 is 0 Å². The normalized spacial score (nSPS) is 11.3. The average Bonchev–Trinajstić information content (AvgIpc) is 3.00. The number of hydrogen-bond acceptors (Lipinski definition) is 4. The van der Waals surface area contributed by atoms with Crippen molar-refractivity contribution in [3.63, 3.8) is 0 Å². The van der Waals surface area contributed by atoms with Crippen molar-refractivity contribution in [3.05, 3.63) is 47.8 Å². The van der Waals surface area contributed by atoms with E-state index in [-0.39, 0.29) is 11.7 Å². The van der Waals surface area contributed by atoms with E-state index in [1.165, 1.54) is 0 Å². The molecule has 0 aliphatic heterocycles. The molecule has 0 saturated carbocycles. The summed E-state index contributed by atoms with van der Waals surface area (Å²) in [6.45, 7) is 4.18. The number of phenols is 1. The zero-order valence-electron chi connectivity index (χ0n) is 13.2. The Morgan fingerprint density at radius 1 is 1.13 bits per heavy atom. The van der Waals surface area contributed by atoms with Crippen molar-refractivity contribution in [3.8, 4) is 11.4 Å². The van der Waals surface area contributed by atoms with Crippen LogP contribution in [0.4, 0.5) is 0 Å². The third kappa shape index (κ3) is 2.48. The number of nitrogens with zero attached hydrogens (tertiary/aromatic N) is 3. The Hall–Kier alpha value is -2.69. The fraction of sp³-hybridized carbons (Fsp3) is 0.278. The van der Waals surface area contributed by atoms with Crippen molar-refractivity contribution in [2.75, 3.05) is 0 Å². The first-order valence-electron chi connectivity index (χ1n) is 7.83. The molecule has 0 spiro atoms. The molecule has 118 valence electrons. The summed E-state index contributed by atoms with van der Waals surface area (Å²) in [6.07, 6.45) is 2.57. The fourth-order valence-corrected chi connectivity index (χ4v) is 3.08. The van der Waals surface area contributed by atoms with E-state index in [2.05, 4.69) is 24.2 Å². The summed E-state index contributed by atoms with van der Waals surface area (Å²) in [5.41, 5.74) is 2.04. The second kappa shape index (κ2) is 6.20. The number of carbonyl (C=O) groups is 1. The summed E-state index contributed by atoms with van der Waals surface area (Å²) in [4.78, 5) is 11.4. The SMILES string of the molecule is CCC(CC)c1c(C=O)nnn1-c1cccc2c(O)cccc12. The first kappa shape index (κ1) is 15.2. The molecule has 0 fully saturated rings. The van der Waals surface area contributed by atoms with Crippen molar-refractivity contribution >= 4 is 17.1 Å². The molecule has 0 saturated heterocycles. The van der Waals surface area contributed by atoms with Gasteiger partial charge in [-0.3, -0.25) is 4.79 Å². The zero-order chi connectivity index (χ0) is 16.4. The van der Waals surface area contributed by atoms with Gasteiger partial charge < -0.3 is 5.11 Å².